The van der Waals surface area contributed by atoms with Gasteiger partial charge in [0.15, 0.2) is 0 Å². The molecular formula is C26H24N2. The molecule has 1 N–H and O–H groups in total. The molecule has 1 heterocycles. The molecule has 2 heteroatoms. The van der Waals surface area contributed by atoms with Gasteiger partial charge in [0.05, 0.1) is 5.69 Å². The highest BCUT2D eigenvalue weighted by Crippen LogP contribution is 2.35. The van der Waals surface area contributed by atoms with Crippen molar-refractivity contribution in [3.63, 3.8) is 0 Å². The largest absolute Gasteiger partial charge is 0.373 e. The lowest BCUT2D eigenvalue weighted by Crippen LogP contribution is -2.10. The van der Waals surface area contributed by atoms with Gasteiger partial charge in [-0.1, -0.05) is 91.0 Å². The summed E-state index contributed by atoms with van der Waals surface area (Å²) in [6.07, 6.45) is 0.908. The molecule has 0 radical (unpaired) electrons. The van der Waals surface area contributed by atoms with Crippen molar-refractivity contribution in [1.29, 1.82) is 0 Å². The van der Waals surface area contributed by atoms with E-state index in [1.807, 2.05) is 7.05 Å². The topological polar surface area (TPSA) is 24.9 Å². The van der Waals surface area contributed by atoms with Gasteiger partial charge < -0.3 is 5.32 Å². The highest BCUT2D eigenvalue weighted by Gasteiger charge is 2.21. The van der Waals surface area contributed by atoms with Gasteiger partial charge in [-0.15, -0.1) is 0 Å². The highest BCUT2D eigenvalue weighted by atomic mass is 15.0. The molecule has 3 aromatic carbocycles. The lowest BCUT2D eigenvalue weighted by atomic mass is 9.85. The summed E-state index contributed by atoms with van der Waals surface area (Å²) in [5, 5.41) is 3.21. The molecule has 0 saturated heterocycles. The molecule has 4 rings (SSSR count). The van der Waals surface area contributed by atoms with Crippen LogP contribution in [0.1, 0.15) is 22.7 Å². The lowest BCUT2D eigenvalue weighted by Gasteiger charge is -2.21. The summed E-state index contributed by atoms with van der Waals surface area (Å²) < 4.78 is 0. The molecule has 28 heavy (non-hydrogen) atoms. The number of aromatic nitrogens is 1. The third-order valence-corrected chi connectivity index (χ3v) is 5.08. The molecule has 0 aliphatic carbocycles. The Hall–Kier alpha value is -3.39. The number of nitrogens with one attached hydrogen (secondary N) is 1. The van der Waals surface area contributed by atoms with E-state index in [4.69, 9.17) is 4.98 Å². The van der Waals surface area contributed by atoms with E-state index in [-0.39, 0.29) is 5.92 Å². The molecular weight excluding hydrogens is 340 g/mol. The van der Waals surface area contributed by atoms with Gasteiger partial charge >= 0.3 is 0 Å². The second-order valence-corrected chi connectivity index (χ2v) is 6.90. The maximum Gasteiger partial charge on any atom is 0.126 e. The molecule has 0 bridgehead atoms. The summed E-state index contributed by atoms with van der Waals surface area (Å²) >= 11 is 0. The summed E-state index contributed by atoms with van der Waals surface area (Å²) in [5.41, 5.74) is 6.08. The van der Waals surface area contributed by atoms with Crippen molar-refractivity contribution in [3.05, 3.63) is 120 Å². The minimum atomic E-state index is 0.173. The Kier molecular flexibility index (Phi) is 5.48. The zero-order valence-corrected chi connectivity index (χ0v) is 16.0. The van der Waals surface area contributed by atoms with Gasteiger partial charge in [-0.25, -0.2) is 4.98 Å². The number of hydrogen-bond acceptors (Lipinski definition) is 2. The second kappa shape index (κ2) is 8.53. The Labute approximate surface area is 166 Å². The van der Waals surface area contributed by atoms with Gasteiger partial charge in [0.25, 0.3) is 0 Å². The quantitative estimate of drug-likeness (QED) is 0.443. The maximum absolute atomic E-state index is 5.03. The average molecular weight is 364 g/mol. The van der Waals surface area contributed by atoms with E-state index >= 15 is 0 Å². The minimum Gasteiger partial charge on any atom is -0.373 e. The molecule has 1 unspecified atom stereocenters. The van der Waals surface area contributed by atoms with Crippen molar-refractivity contribution in [1.82, 2.24) is 4.98 Å². The fraction of sp³-hybridized carbons (Fsp3) is 0.115. The molecule has 1 aromatic heterocycles. The molecule has 0 spiro atoms. The number of benzene rings is 3. The highest BCUT2D eigenvalue weighted by molar-refractivity contribution is 5.69. The molecule has 0 amide bonds. The first kappa shape index (κ1) is 18.0. The minimum absolute atomic E-state index is 0.173. The smallest absolute Gasteiger partial charge is 0.126 e. The Balaban J connectivity index is 1.87. The predicted octanol–water partition coefficient (Wildman–Crippen LogP) is 6.16. The van der Waals surface area contributed by atoms with E-state index in [0.717, 1.165) is 17.9 Å². The molecule has 1 atom stereocenters. The van der Waals surface area contributed by atoms with Crippen LogP contribution in [0.25, 0.3) is 11.1 Å². The predicted molar refractivity (Wildman–Crippen MR) is 118 cm³/mol. The van der Waals surface area contributed by atoms with Crippen LogP contribution in [0.5, 0.6) is 0 Å². The third-order valence-electron chi connectivity index (χ3n) is 5.08. The standard InChI is InChI=1S/C26H24N2/c1-27-25-18-17-23(21-13-7-3-8-14-21)26(28-25)24(22-15-9-4-10-16-22)19-20-11-5-2-6-12-20/h2-18,24H,19H2,1H3,(H,27,28). The van der Waals surface area contributed by atoms with Crippen molar-refractivity contribution in [2.24, 2.45) is 0 Å². The normalized spacial score (nSPS) is 11.8. The Morgan fingerprint density at radius 3 is 1.96 bits per heavy atom. The first-order chi connectivity index (χ1) is 13.8. The molecule has 2 nitrogen and oxygen atoms in total. The van der Waals surface area contributed by atoms with Gasteiger partial charge in [-0.3, -0.25) is 0 Å². The molecule has 138 valence electrons. The summed E-state index contributed by atoms with van der Waals surface area (Å²) in [7, 11) is 1.92. The van der Waals surface area contributed by atoms with Gasteiger partial charge in [-0.05, 0) is 35.2 Å². The summed E-state index contributed by atoms with van der Waals surface area (Å²) in [4.78, 5) is 5.03. The van der Waals surface area contributed by atoms with Crippen LogP contribution in [0, 0.1) is 0 Å². The van der Waals surface area contributed by atoms with Crippen LogP contribution in [0.2, 0.25) is 0 Å². The first-order valence-corrected chi connectivity index (χ1v) is 9.68. The molecule has 0 saturated carbocycles. The number of hydrogen-bond donors (Lipinski definition) is 1. The van der Waals surface area contributed by atoms with Gasteiger partial charge in [0.2, 0.25) is 0 Å². The Bertz CT molecular complexity index is 1010. The third kappa shape index (κ3) is 3.96. The van der Waals surface area contributed by atoms with Crippen molar-refractivity contribution >= 4 is 5.82 Å². The van der Waals surface area contributed by atoms with Crippen molar-refractivity contribution < 1.29 is 0 Å². The van der Waals surface area contributed by atoms with E-state index in [1.165, 1.54) is 22.3 Å². The average Bonchev–Trinajstić information content (AvgIpc) is 2.79. The van der Waals surface area contributed by atoms with Crippen LogP contribution in [0.3, 0.4) is 0 Å². The number of pyridine rings is 1. The fourth-order valence-corrected chi connectivity index (χ4v) is 3.65. The Morgan fingerprint density at radius 2 is 1.32 bits per heavy atom. The van der Waals surface area contributed by atoms with E-state index in [9.17, 15) is 0 Å². The number of rotatable bonds is 6. The monoisotopic (exact) mass is 364 g/mol. The summed E-state index contributed by atoms with van der Waals surface area (Å²) in [6.45, 7) is 0. The van der Waals surface area contributed by atoms with Crippen LogP contribution in [-0.4, -0.2) is 12.0 Å². The van der Waals surface area contributed by atoms with Crippen LogP contribution >= 0.6 is 0 Å². The van der Waals surface area contributed by atoms with Gasteiger partial charge in [0.1, 0.15) is 5.82 Å². The van der Waals surface area contributed by atoms with Gasteiger partial charge in [-0.2, -0.15) is 0 Å². The van der Waals surface area contributed by atoms with Crippen LogP contribution < -0.4 is 5.32 Å². The van der Waals surface area contributed by atoms with Crippen LogP contribution in [0.15, 0.2) is 103 Å². The van der Waals surface area contributed by atoms with Crippen molar-refractivity contribution in [2.75, 3.05) is 12.4 Å². The Morgan fingerprint density at radius 1 is 0.714 bits per heavy atom. The number of anilines is 1. The van der Waals surface area contributed by atoms with E-state index in [0.29, 0.717) is 0 Å². The number of nitrogens with zero attached hydrogens (tertiary/aromatic N) is 1. The van der Waals surface area contributed by atoms with Crippen LogP contribution in [-0.2, 0) is 6.42 Å². The van der Waals surface area contributed by atoms with E-state index < -0.39 is 0 Å². The summed E-state index contributed by atoms with van der Waals surface area (Å²) in [5.74, 6) is 1.07. The lowest BCUT2D eigenvalue weighted by molar-refractivity contribution is 0.777. The summed E-state index contributed by atoms with van der Waals surface area (Å²) in [6, 6.07) is 36.1. The maximum atomic E-state index is 5.03. The first-order valence-electron chi connectivity index (χ1n) is 9.68. The molecule has 4 aromatic rings. The zero-order valence-electron chi connectivity index (χ0n) is 16.0. The van der Waals surface area contributed by atoms with E-state index in [2.05, 4.69) is 108 Å². The fourth-order valence-electron chi connectivity index (χ4n) is 3.65. The van der Waals surface area contributed by atoms with E-state index in [1.54, 1.807) is 0 Å². The van der Waals surface area contributed by atoms with Crippen molar-refractivity contribution in [2.45, 2.75) is 12.3 Å². The molecule has 0 aliphatic rings. The molecule has 0 aliphatic heterocycles. The van der Waals surface area contributed by atoms with Gasteiger partial charge in [0, 0.05) is 18.5 Å². The second-order valence-electron chi connectivity index (χ2n) is 6.90. The zero-order chi connectivity index (χ0) is 19.2. The van der Waals surface area contributed by atoms with Crippen molar-refractivity contribution in [3.8, 4) is 11.1 Å². The van der Waals surface area contributed by atoms with Crippen LogP contribution in [0.4, 0.5) is 5.82 Å². The molecule has 0 fully saturated rings. The SMILES string of the molecule is CNc1ccc(-c2ccccc2)c(C(Cc2ccccc2)c2ccccc2)n1.